The fourth-order valence-corrected chi connectivity index (χ4v) is 4.99. The lowest BCUT2D eigenvalue weighted by molar-refractivity contribution is -0.139. The van der Waals surface area contributed by atoms with Crippen LogP contribution in [0.2, 0.25) is 5.02 Å². The van der Waals surface area contributed by atoms with Crippen LogP contribution in [0.4, 0.5) is 30.2 Å². The molecule has 2 aromatic rings. The third kappa shape index (κ3) is 7.19. The van der Waals surface area contributed by atoms with Crippen LogP contribution < -0.4 is 15.4 Å². The molecule has 4 rings (SSSR count). The predicted octanol–water partition coefficient (Wildman–Crippen LogP) is 5.03. The van der Waals surface area contributed by atoms with E-state index >= 15 is 0 Å². The van der Waals surface area contributed by atoms with Crippen LogP contribution in [0.5, 0.6) is 0 Å². The summed E-state index contributed by atoms with van der Waals surface area (Å²) in [5.74, 6) is -0.0485. The van der Waals surface area contributed by atoms with Gasteiger partial charge in [0.2, 0.25) is 5.91 Å². The van der Waals surface area contributed by atoms with E-state index in [0.717, 1.165) is 17.8 Å². The molecule has 0 bridgehead atoms. The van der Waals surface area contributed by atoms with Gasteiger partial charge < -0.3 is 19.9 Å². The van der Waals surface area contributed by atoms with Crippen LogP contribution in [-0.4, -0.2) is 66.2 Å². The Kier molecular flexibility index (Phi) is 8.68. The van der Waals surface area contributed by atoms with Crippen LogP contribution >= 0.6 is 11.6 Å². The number of rotatable bonds is 7. The minimum atomic E-state index is -4.74. The second kappa shape index (κ2) is 11.8. The van der Waals surface area contributed by atoms with Gasteiger partial charge in [-0.2, -0.15) is 13.2 Å². The molecule has 0 unspecified atom stereocenters. The van der Waals surface area contributed by atoms with Gasteiger partial charge in [0, 0.05) is 48.6 Å². The second-order valence-corrected chi connectivity index (χ2v) is 9.73. The zero-order chi connectivity index (χ0) is 26.6. The van der Waals surface area contributed by atoms with Gasteiger partial charge in [0.25, 0.3) is 0 Å². The summed E-state index contributed by atoms with van der Waals surface area (Å²) in [5.41, 5.74) is -0.609. The van der Waals surface area contributed by atoms with Crippen molar-refractivity contribution < 1.29 is 33.1 Å². The van der Waals surface area contributed by atoms with E-state index in [-0.39, 0.29) is 30.3 Å². The fraction of sp³-hybridized carbons (Fsp3) is 0.480. The van der Waals surface area contributed by atoms with Gasteiger partial charge in [-0.25, -0.2) is 0 Å². The first kappa shape index (κ1) is 27.3. The van der Waals surface area contributed by atoms with Crippen molar-refractivity contribution in [3.8, 4) is 0 Å². The Morgan fingerprint density at radius 1 is 1.05 bits per heavy atom. The maximum atomic E-state index is 13.3. The van der Waals surface area contributed by atoms with E-state index in [1.165, 1.54) is 6.07 Å². The van der Waals surface area contributed by atoms with Crippen LogP contribution in [0.25, 0.3) is 0 Å². The first-order valence-corrected chi connectivity index (χ1v) is 12.5. The van der Waals surface area contributed by atoms with Crippen LogP contribution in [0.3, 0.4) is 0 Å². The first-order valence-electron chi connectivity index (χ1n) is 12.2. The zero-order valence-electron chi connectivity index (χ0n) is 20.1. The van der Waals surface area contributed by atoms with Gasteiger partial charge in [0.1, 0.15) is 12.3 Å². The molecular formula is C25H30ClF3N4O4. The number of hydrogen-bond donors (Lipinski definition) is 3. The van der Waals surface area contributed by atoms with Gasteiger partial charge >= 0.3 is 6.18 Å². The van der Waals surface area contributed by atoms with E-state index in [9.17, 15) is 18.0 Å². The average molecular weight is 543 g/mol. The van der Waals surface area contributed by atoms with E-state index in [4.69, 9.17) is 26.8 Å². The molecule has 12 heteroatoms. The lowest BCUT2D eigenvalue weighted by Gasteiger charge is -2.36. The van der Waals surface area contributed by atoms with Gasteiger partial charge in [-0.05, 0) is 62.1 Å². The molecule has 0 radical (unpaired) electrons. The van der Waals surface area contributed by atoms with Crippen LogP contribution in [0.1, 0.15) is 31.2 Å². The van der Waals surface area contributed by atoms with Crippen molar-refractivity contribution in [1.29, 1.82) is 0 Å². The summed E-state index contributed by atoms with van der Waals surface area (Å²) in [6.45, 7) is 2.65. The fourth-order valence-electron chi connectivity index (χ4n) is 4.80. The molecule has 1 saturated heterocycles. The molecule has 2 aliphatic rings. The monoisotopic (exact) mass is 542 g/mol. The molecule has 2 fully saturated rings. The highest BCUT2D eigenvalue weighted by atomic mass is 35.5. The molecule has 202 valence electrons. The molecule has 3 N–H and O–H groups in total. The number of amides is 1. The Labute approximate surface area is 218 Å². The molecule has 8 nitrogen and oxygen atoms in total. The molecule has 0 spiro atoms. The number of piperazine rings is 1. The summed E-state index contributed by atoms with van der Waals surface area (Å²) in [6.07, 6.45) is -2.12. The van der Waals surface area contributed by atoms with E-state index < -0.39 is 22.7 Å². The predicted molar refractivity (Wildman–Crippen MR) is 133 cm³/mol. The number of nitrogens with zero attached hydrogens (tertiary/aromatic N) is 3. The van der Waals surface area contributed by atoms with Gasteiger partial charge in [-0.3, -0.25) is 15.2 Å². The Morgan fingerprint density at radius 3 is 2.38 bits per heavy atom. The van der Waals surface area contributed by atoms with Crippen LogP contribution in [0.15, 0.2) is 42.5 Å². The highest BCUT2D eigenvalue weighted by Gasteiger charge is 2.35. The maximum absolute atomic E-state index is 13.3. The Balaban J connectivity index is 1.20. The SMILES string of the molecule is O=C(COC1CCC(Nc2ccc(N(O)O)c(C(F)(F)F)c2)CC1)N1CCN(c2cccc(Cl)c2)CC1. The highest BCUT2D eigenvalue weighted by Crippen LogP contribution is 2.38. The third-order valence-electron chi connectivity index (χ3n) is 6.81. The quantitative estimate of drug-likeness (QED) is 0.423. The van der Waals surface area contributed by atoms with Gasteiger partial charge in [0.05, 0.1) is 11.7 Å². The van der Waals surface area contributed by atoms with Gasteiger partial charge in [-0.1, -0.05) is 17.7 Å². The van der Waals surface area contributed by atoms with Crippen LogP contribution in [0, 0.1) is 0 Å². The Morgan fingerprint density at radius 2 is 1.76 bits per heavy atom. The molecule has 37 heavy (non-hydrogen) atoms. The smallest absolute Gasteiger partial charge is 0.382 e. The summed E-state index contributed by atoms with van der Waals surface area (Å²) in [4.78, 5) is 16.6. The molecule has 0 aromatic heterocycles. The lowest BCUT2D eigenvalue weighted by atomic mass is 9.92. The lowest BCUT2D eigenvalue weighted by Crippen LogP contribution is -2.50. The highest BCUT2D eigenvalue weighted by molar-refractivity contribution is 6.30. The van der Waals surface area contributed by atoms with Crippen molar-refractivity contribution in [2.75, 3.05) is 48.2 Å². The number of hydrogen-bond acceptors (Lipinski definition) is 7. The third-order valence-corrected chi connectivity index (χ3v) is 7.05. The standard InChI is InChI=1S/C25H30ClF3N4O4/c26-17-2-1-3-20(14-17)31-10-12-32(13-11-31)24(34)16-37-21-7-4-18(5-8-21)30-19-6-9-23(33(35)36)22(15-19)25(27,28)29/h1-3,6,9,14-15,18,21,30,35-36H,4-5,7-8,10-13,16H2. The summed E-state index contributed by atoms with van der Waals surface area (Å²) >= 11 is 6.08. The van der Waals surface area contributed by atoms with Gasteiger partial charge in [0.15, 0.2) is 0 Å². The number of carbonyl (C=O) groups is 1. The largest absolute Gasteiger partial charge is 0.418 e. The minimum absolute atomic E-state index is 0.00908. The number of anilines is 3. The number of halogens is 4. The summed E-state index contributed by atoms with van der Waals surface area (Å²) in [6, 6.07) is 10.8. The van der Waals surface area contributed by atoms with Crippen molar-refractivity contribution in [3.63, 3.8) is 0 Å². The van der Waals surface area contributed by atoms with Crippen LogP contribution in [-0.2, 0) is 15.7 Å². The van der Waals surface area contributed by atoms with E-state index in [1.807, 2.05) is 24.3 Å². The zero-order valence-corrected chi connectivity index (χ0v) is 20.9. The average Bonchev–Trinajstić information content (AvgIpc) is 2.87. The number of ether oxygens (including phenoxy) is 1. The van der Waals surface area contributed by atoms with Crippen molar-refractivity contribution in [2.45, 2.75) is 44.0 Å². The van der Waals surface area contributed by atoms with E-state index in [1.54, 1.807) is 4.90 Å². The summed E-state index contributed by atoms with van der Waals surface area (Å²) in [5, 5.41) is 21.4. The van der Waals surface area contributed by atoms with E-state index in [2.05, 4.69) is 10.2 Å². The number of alkyl halides is 3. The second-order valence-electron chi connectivity index (χ2n) is 9.30. The number of nitrogens with one attached hydrogen (secondary N) is 1. The maximum Gasteiger partial charge on any atom is 0.418 e. The Bertz CT molecular complexity index is 1070. The molecular weight excluding hydrogens is 513 g/mol. The molecule has 0 atom stereocenters. The molecule has 1 amide bonds. The van der Waals surface area contributed by atoms with Crippen molar-refractivity contribution >= 4 is 34.6 Å². The van der Waals surface area contributed by atoms with E-state index in [0.29, 0.717) is 56.9 Å². The van der Waals surface area contributed by atoms with Crippen molar-refractivity contribution in [2.24, 2.45) is 0 Å². The van der Waals surface area contributed by atoms with Gasteiger partial charge in [-0.15, -0.1) is 5.23 Å². The normalized spacial score (nSPS) is 20.6. The topological polar surface area (TPSA) is 88.5 Å². The summed E-state index contributed by atoms with van der Waals surface area (Å²) in [7, 11) is 0. The Hall–Kier alpha value is -2.73. The number of carbonyl (C=O) groups excluding carboxylic acids is 1. The molecule has 2 aromatic carbocycles. The molecule has 1 aliphatic carbocycles. The number of benzene rings is 2. The summed E-state index contributed by atoms with van der Waals surface area (Å²) < 4.78 is 45.7. The van der Waals surface area contributed by atoms with Crippen molar-refractivity contribution in [1.82, 2.24) is 4.90 Å². The minimum Gasteiger partial charge on any atom is -0.382 e. The first-order chi connectivity index (χ1) is 17.6. The molecule has 1 heterocycles. The molecule has 1 saturated carbocycles. The molecule has 1 aliphatic heterocycles. The van der Waals surface area contributed by atoms with Crippen molar-refractivity contribution in [3.05, 3.63) is 53.1 Å².